The van der Waals surface area contributed by atoms with E-state index in [1.54, 1.807) is 12.1 Å². The van der Waals surface area contributed by atoms with Crippen molar-refractivity contribution in [1.29, 1.82) is 0 Å². The van der Waals surface area contributed by atoms with E-state index in [1.165, 1.54) is 17.0 Å². The van der Waals surface area contributed by atoms with Crippen LogP contribution in [0.1, 0.15) is 44.2 Å². The van der Waals surface area contributed by atoms with Gasteiger partial charge in [0.15, 0.2) is 0 Å². The Morgan fingerprint density at radius 2 is 1.37 bits per heavy atom. The van der Waals surface area contributed by atoms with Crippen molar-refractivity contribution in [3.8, 4) is 11.1 Å². The van der Waals surface area contributed by atoms with Crippen molar-refractivity contribution < 1.29 is 33.5 Å². The minimum atomic E-state index is -0.827. The van der Waals surface area contributed by atoms with Crippen LogP contribution < -0.4 is 0 Å². The second-order valence-electron chi connectivity index (χ2n) is 9.34. The van der Waals surface area contributed by atoms with E-state index in [2.05, 4.69) is 12.1 Å². The molecule has 0 aromatic heterocycles. The molecular formula is C29H24N2O7. The molecule has 1 fully saturated rings. The topological polar surface area (TPSA) is 102 Å². The van der Waals surface area contributed by atoms with Crippen molar-refractivity contribution >= 4 is 23.9 Å². The number of carbonyl (C=O) groups is 4. The van der Waals surface area contributed by atoms with Crippen LogP contribution in [0.25, 0.3) is 11.1 Å². The molecule has 1 unspecified atom stereocenters. The third-order valence-electron chi connectivity index (χ3n) is 7.15. The number of benzene rings is 3. The van der Waals surface area contributed by atoms with Gasteiger partial charge in [0.1, 0.15) is 6.61 Å². The summed E-state index contributed by atoms with van der Waals surface area (Å²) in [5.74, 6) is -2.32. The molecular weight excluding hydrogens is 488 g/mol. The standard InChI is InChI=1S/C29H24N2O7/c32-26(38-31-27(33)23-11-5-6-12-24(23)28(31)34)15-18-16-36-14-13-30(18)29(35)37-17-25-21-9-3-1-7-19(21)20-8-2-4-10-22(20)25/h1-12,18,25H,13-17H2. The Hall–Kier alpha value is -4.50. The average Bonchev–Trinajstić information content (AvgIpc) is 3.39. The summed E-state index contributed by atoms with van der Waals surface area (Å²) in [6.45, 7) is 0.785. The fourth-order valence-electron chi connectivity index (χ4n) is 5.32. The van der Waals surface area contributed by atoms with Crippen molar-refractivity contribution in [2.45, 2.75) is 18.4 Å². The van der Waals surface area contributed by atoms with E-state index < -0.39 is 29.9 Å². The molecule has 0 bridgehead atoms. The number of hydroxylamine groups is 2. The van der Waals surface area contributed by atoms with Crippen LogP contribution in [0.2, 0.25) is 0 Å². The van der Waals surface area contributed by atoms with Gasteiger partial charge in [0.2, 0.25) is 0 Å². The molecule has 38 heavy (non-hydrogen) atoms. The number of fused-ring (bicyclic) bond motifs is 4. The lowest BCUT2D eigenvalue weighted by atomic mass is 9.98. The Bertz CT molecular complexity index is 1370. The van der Waals surface area contributed by atoms with E-state index in [0.29, 0.717) is 11.7 Å². The second kappa shape index (κ2) is 9.75. The molecule has 0 saturated carbocycles. The number of imide groups is 1. The van der Waals surface area contributed by atoms with Crippen LogP contribution in [0.4, 0.5) is 4.79 Å². The first-order chi connectivity index (χ1) is 18.5. The molecule has 0 N–H and O–H groups in total. The lowest BCUT2D eigenvalue weighted by molar-refractivity contribution is -0.171. The first kappa shape index (κ1) is 23.9. The molecule has 192 valence electrons. The Morgan fingerprint density at radius 1 is 0.816 bits per heavy atom. The Morgan fingerprint density at radius 3 is 1.97 bits per heavy atom. The fourth-order valence-corrected chi connectivity index (χ4v) is 5.32. The Kier molecular flexibility index (Phi) is 6.13. The van der Waals surface area contributed by atoms with E-state index >= 15 is 0 Å². The van der Waals surface area contributed by atoms with E-state index in [4.69, 9.17) is 14.3 Å². The number of morpholine rings is 1. The lowest BCUT2D eigenvalue weighted by Crippen LogP contribution is -2.50. The van der Waals surface area contributed by atoms with Crippen LogP contribution >= 0.6 is 0 Å². The summed E-state index contributed by atoms with van der Waals surface area (Å²) in [5.41, 5.74) is 4.81. The quantitative estimate of drug-likeness (QED) is 0.480. The van der Waals surface area contributed by atoms with E-state index in [9.17, 15) is 19.2 Å². The highest BCUT2D eigenvalue weighted by Crippen LogP contribution is 2.44. The summed E-state index contributed by atoms with van der Waals surface area (Å²) < 4.78 is 11.3. The maximum atomic E-state index is 13.1. The summed E-state index contributed by atoms with van der Waals surface area (Å²) >= 11 is 0. The molecule has 1 saturated heterocycles. The van der Waals surface area contributed by atoms with E-state index in [0.717, 1.165) is 22.3 Å². The van der Waals surface area contributed by atoms with Crippen molar-refractivity contribution in [1.82, 2.24) is 9.96 Å². The third-order valence-corrected chi connectivity index (χ3v) is 7.15. The third kappa shape index (κ3) is 4.10. The Balaban J connectivity index is 1.11. The highest BCUT2D eigenvalue weighted by Gasteiger charge is 2.40. The minimum Gasteiger partial charge on any atom is -0.448 e. The van der Waals surface area contributed by atoms with Crippen molar-refractivity contribution in [3.05, 3.63) is 95.1 Å². The monoisotopic (exact) mass is 512 g/mol. The molecule has 1 aliphatic carbocycles. The minimum absolute atomic E-state index is 0.0929. The zero-order valence-electron chi connectivity index (χ0n) is 20.4. The van der Waals surface area contributed by atoms with E-state index in [1.807, 2.05) is 36.4 Å². The molecule has 0 radical (unpaired) electrons. The lowest BCUT2D eigenvalue weighted by Gasteiger charge is -2.34. The van der Waals surface area contributed by atoms with Gasteiger partial charge in [-0.25, -0.2) is 9.59 Å². The number of hydrogen-bond donors (Lipinski definition) is 0. The SMILES string of the molecule is O=C(CC1COCCN1C(=O)OCC1c2ccccc2-c2ccccc21)ON1C(=O)c2ccccc2C1=O. The maximum Gasteiger partial charge on any atom is 0.410 e. The second-order valence-corrected chi connectivity index (χ2v) is 9.34. The number of nitrogens with zero attached hydrogens (tertiary/aromatic N) is 2. The number of carbonyl (C=O) groups excluding carboxylic acids is 4. The molecule has 9 heteroatoms. The van der Waals surface area contributed by atoms with Gasteiger partial charge in [-0.1, -0.05) is 65.7 Å². The van der Waals surface area contributed by atoms with Gasteiger partial charge >= 0.3 is 12.1 Å². The van der Waals surface area contributed by atoms with Gasteiger partial charge in [-0.05, 0) is 34.4 Å². The summed E-state index contributed by atoms with van der Waals surface area (Å²) in [7, 11) is 0. The first-order valence-corrected chi connectivity index (χ1v) is 12.4. The molecule has 3 aromatic rings. The van der Waals surface area contributed by atoms with Gasteiger partial charge in [-0.3, -0.25) is 9.59 Å². The predicted octanol–water partition coefficient (Wildman–Crippen LogP) is 3.78. The van der Waals surface area contributed by atoms with Crippen LogP contribution in [0.5, 0.6) is 0 Å². The number of hydrogen-bond acceptors (Lipinski definition) is 7. The summed E-state index contributed by atoms with van der Waals surface area (Å²) in [4.78, 5) is 57.5. The predicted molar refractivity (Wildman–Crippen MR) is 134 cm³/mol. The number of rotatable bonds is 5. The molecule has 2 aliphatic heterocycles. The maximum absolute atomic E-state index is 13.1. The molecule has 9 nitrogen and oxygen atoms in total. The highest BCUT2D eigenvalue weighted by atomic mass is 16.7. The van der Waals surface area contributed by atoms with Crippen LogP contribution in [-0.2, 0) is 19.1 Å². The van der Waals surface area contributed by atoms with Crippen LogP contribution in [0.15, 0.2) is 72.8 Å². The normalized spacial score (nSPS) is 18.2. The van der Waals surface area contributed by atoms with Crippen molar-refractivity contribution in [2.24, 2.45) is 0 Å². The highest BCUT2D eigenvalue weighted by molar-refractivity contribution is 6.20. The Labute approximate surface area is 218 Å². The molecule has 3 amide bonds. The molecule has 0 spiro atoms. The summed E-state index contributed by atoms with van der Waals surface area (Å²) in [5, 5.41) is 0.467. The number of amides is 3. The van der Waals surface area contributed by atoms with Gasteiger partial charge in [0.25, 0.3) is 11.8 Å². The molecule has 2 heterocycles. The zero-order chi connectivity index (χ0) is 26.2. The van der Waals surface area contributed by atoms with Crippen molar-refractivity contribution in [2.75, 3.05) is 26.4 Å². The molecule has 1 atom stereocenters. The summed E-state index contributed by atoms with van der Waals surface area (Å²) in [6, 6.07) is 21.7. The van der Waals surface area contributed by atoms with Gasteiger partial charge in [-0.2, -0.15) is 0 Å². The molecule has 3 aliphatic rings. The summed E-state index contributed by atoms with van der Waals surface area (Å²) in [6.07, 6.45) is -0.828. The zero-order valence-corrected chi connectivity index (χ0v) is 20.4. The van der Waals surface area contributed by atoms with Crippen LogP contribution in [-0.4, -0.2) is 66.2 Å². The molecule has 6 rings (SSSR count). The van der Waals surface area contributed by atoms with Gasteiger partial charge in [0.05, 0.1) is 36.8 Å². The van der Waals surface area contributed by atoms with Crippen molar-refractivity contribution in [3.63, 3.8) is 0 Å². The molecule has 3 aromatic carbocycles. The number of ether oxygens (including phenoxy) is 2. The van der Waals surface area contributed by atoms with Gasteiger partial charge < -0.3 is 19.2 Å². The van der Waals surface area contributed by atoms with E-state index in [-0.39, 0.29) is 43.2 Å². The first-order valence-electron chi connectivity index (χ1n) is 12.4. The van der Waals surface area contributed by atoms with Gasteiger partial charge in [-0.15, -0.1) is 0 Å². The van der Waals surface area contributed by atoms with Crippen LogP contribution in [0, 0.1) is 0 Å². The smallest absolute Gasteiger partial charge is 0.410 e. The van der Waals surface area contributed by atoms with Gasteiger partial charge in [0, 0.05) is 12.5 Å². The largest absolute Gasteiger partial charge is 0.448 e. The van der Waals surface area contributed by atoms with Crippen LogP contribution in [0.3, 0.4) is 0 Å². The fraction of sp³-hybridized carbons (Fsp3) is 0.241. The average molecular weight is 513 g/mol.